The van der Waals surface area contributed by atoms with Gasteiger partial charge in [-0.1, -0.05) is 55.5 Å². The average Bonchev–Trinajstić information content (AvgIpc) is 3.00. The Balaban J connectivity index is 1.47. The van der Waals surface area contributed by atoms with Gasteiger partial charge in [0.15, 0.2) is 0 Å². The summed E-state index contributed by atoms with van der Waals surface area (Å²) in [6, 6.07) is 9.34. The van der Waals surface area contributed by atoms with E-state index in [1.807, 2.05) is 0 Å². The first-order valence-corrected chi connectivity index (χ1v) is 11.8. The molecule has 1 aromatic rings. The molecule has 0 spiro atoms. The zero-order chi connectivity index (χ0) is 14.2. The largest absolute Gasteiger partial charge is 0.312 e. The van der Waals surface area contributed by atoms with E-state index in [-0.39, 0.29) is 0 Å². The number of hydrogen-bond donors (Lipinski definition) is 1. The summed E-state index contributed by atoms with van der Waals surface area (Å²) in [6.45, 7) is 9.51. The maximum atomic E-state index is 3.70. The lowest BCUT2D eigenvalue weighted by Gasteiger charge is -2.22. The fourth-order valence-electron chi connectivity index (χ4n) is 4.15. The Bertz CT molecular complexity index is 445. The molecule has 0 radical (unpaired) electrons. The van der Waals surface area contributed by atoms with Gasteiger partial charge in [-0.3, -0.25) is 0 Å². The first-order valence-electron chi connectivity index (χ1n) is 8.32. The molecule has 20 heavy (non-hydrogen) atoms. The van der Waals surface area contributed by atoms with Crippen LogP contribution in [0, 0.1) is 17.8 Å². The minimum absolute atomic E-state index is 0.968. The van der Waals surface area contributed by atoms with Crippen LogP contribution < -0.4 is 10.5 Å². The van der Waals surface area contributed by atoms with Crippen LogP contribution in [0.2, 0.25) is 19.6 Å². The van der Waals surface area contributed by atoms with Gasteiger partial charge in [0.25, 0.3) is 0 Å². The van der Waals surface area contributed by atoms with Crippen LogP contribution in [0.4, 0.5) is 0 Å². The Morgan fingerprint density at radius 1 is 1.05 bits per heavy atom. The molecule has 2 bridgehead atoms. The fraction of sp³-hybridized carbons (Fsp3) is 0.667. The number of benzene rings is 1. The van der Waals surface area contributed by atoms with Crippen molar-refractivity contribution in [3.63, 3.8) is 0 Å². The number of nitrogens with one attached hydrogen (secondary N) is 1. The number of fused-ring (bicyclic) bond motifs is 2. The summed E-state index contributed by atoms with van der Waals surface area (Å²) in [5.74, 6) is 3.08. The third-order valence-electron chi connectivity index (χ3n) is 5.44. The molecule has 0 heterocycles. The Labute approximate surface area is 125 Å². The van der Waals surface area contributed by atoms with Gasteiger partial charge in [-0.25, -0.2) is 0 Å². The lowest BCUT2D eigenvalue weighted by atomic mass is 9.89. The van der Waals surface area contributed by atoms with E-state index in [1.54, 1.807) is 5.19 Å². The highest BCUT2D eigenvalue weighted by Gasteiger charge is 2.38. The van der Waals surface area contributed by atoms with Gasteiger partial charge in [0.2, 0.25) is 0 Å². The molecule has 110 valence electrons. The molecule has 1 N–H and O–H groups in total. The van der Waals surface area contributed by atoms with Crippen molar-refractivity contribution in [2.45, 2.75) is 51.9 Å². The minimum atomic E-state index is -1.14. The van der Waals surface area contributed by atoms with Gasteiger partial charge in [-0.2, -0.15) is 0 Å². The molecule has 0 saturated heterocycles. The molecule has 3 atom stereocenters. The van der Waals surface area contributed by atoms with Crippen molar-refractivity contribution in [2.24, 2.45) is 17.8 Å². The Morgan fingerprint density at radius 2 is 1.80 bits per heavy atom. The molecule has 1 nitrogen and oxygen atoms in total. The van der Waals surface area contributed by atoms with Crippen LogP contribution in [0.5, 0.6) is 0 Å². The molecule has 2 heteroatoms. The van der Waals surface area contributed by atoms with Crippen LogP contribution in [0.25, 0.3) is 0 Å². The quantitative estimate of drug-likeness (QED) is 0.813. The van der Waals surface area contributed by atoms with Crippen molar-refractivity contribution in [1.82, 2.24) is 5.32 Å². The van der Waals surface area contributed by atoms with Crippen molar-refractivity contribution in [2.75, 3.05) is 6.54 Å². The van der Waals surface area contributed by atoms with Crippen LogP contribution in [0.1, 0.15) is 31.2 Å². The van der Waals surface area contributed by atoms with E-state index < -0.39 is 8.07 Å². The van der Waals surface area contributed by atoms with Crippen LogP contribution in [0.15, 0.2) is 24.3 Å². The van der Waals surface area contributed by atoms with E-state index in [0.717, 1.165) is 24.3 Å². The fourth-order valence-corrected chi connectivity index (χ4v) is 5.32. The highest BCUT2D eigenvalue weighted by Crippen LogP contribution is 2.47. The Hall–Kier alpha value is -0.603. The molecule has 1 aromatic carbocycles. The molecule has 2 fully saturated rings. The van der Waals surface area contributed by atoms with E-state index in [0.29, 0.717) is 0 Å². The molecule has 0 aromatic heterocycles. The molecule has 2 aliphatic carbocycles. The first-order chi connectivity index (χ1) is 9.52. The summed E-state index contributed by atoms with van der Waals surface area (Å²) in [5.41, 5.74) is 1.44. The van der Waals surface area contributed by atoms with E-state index in [2.05, 4.69) is 49.2 Å². The summed E-state index contributed by atoms with van der Waals surface area (Å²) < 4.78 is 0. The van der Waals surface area contributed by atoms with Crippen molar-refractivity contribution in [3.05, 3.63) is 29.8 Å². The Morgan fingerprint density at radius 3 is 2.35 bits per heavy atom. The van der Waals surface area contributed by atoms with Crippen molar-refractivity contribution < 1.29 is 0 Å². The monoisotopic (exact) mass is 287 g/mol. The first kappa shape index (κ1) is 14.3. The predicted molar refractivity (Wildman–Crippen MR) is 90.1 cm³/mol. The summed E-state index contributed by atoms with van der Waals surface area (Å²) >= 11 is 0. The molecular formula is C18H29NSi. The summed E-state index contributed by atoms with van der Waals surface area (Å²) in [4.78, 5) is 0. The van der Waals surface area contributed by atoms with Crippen molar-refractivity contribution >= 4 is 13.3 Å². The van der Waals surface area contributed by atoms with Crippen molar-refractivity contribution in [3.8, 4) is 0 Å². The van der Waals surface area contributed by atoms with Crippen molar-refractivity contribution in [1.29, 1.82) is 0 Å². The summed E-state index contributed by atoms with van der Waals surface area (Å²) in [5, 5.41) is 5.26. The average molecular weight is 288 g/mol. The normalized spacial score (nSPS) is 29.1. The molecule has 2 saturated carbocycles. The van der Waals surface area contributed by atoms with Gasteiger partial charge in [-0.05, 0) is 49.1 Å². The molecular weight excluding hydrogens is 258 g/mol. The van der Waals surface area contributed by atoms with Crippen LogP contribution in [-0.2, 0) is 6.54 Å². The van der Waals surface area contributed by atoms with Gasteiger partial charge in [0.1, 0.15) is 0 Å². The van der Waals surface area contributed by atoms with Crippen LogP contribution >= 0.6 is 0 Å². The predicted octanol–water partition coefficient (Wildman–Crippen LogP) is 3.76. The van der Waals surface area contributed by atoms with Gasteiger partial charge < -0.3 is 5.32 Å². The SMILES string of the molecule is C[Si](C)(C)c1ccc(CNCC2CC3CCC2C3)cc1. The van der Waals surface area contributed by atoms with Gasteiger partial charge in [0.05, 0.1) is 8.07 Å². The standard InChI is InChI=1S/C18H29NSi/c1-20(2,3)18-8-5-14(6-9-18)12-19-13-17-11-15-4-7-16(17)10-15/h5-6,8-9,15-17,19H,4,7,10-13H2,1-3H3. The third-order valence-corrected chi connectivity index (χ3v) is 7.51. The van der Waals surface area contributed by atoms with E-state index in [1.165, 1.54) is 37.8 Å². The maximum Gasteiger partial charge on any atom is 0.0775 e. The van der Waals surface area contributed by atoms with E-state index >= 15 is 0 Å². The smallest absolute Gasteiger partial charge is 0.0775 e. The molecule has 3 rings (SSSR count). The Kier molecular flexibility index (Phi) is 4.05. The molecule has 2 aliphatic rings. The van der Waals surface area contributed by atoms with Crippen LogP contribution in [-0.4, -0.2) is 14.6 Å². The second-order valence-corrected chi connectivity index (χ2v) is 13.1. The van der Waals surface area contributed by atoms with Gasteiger partial charge >= 0.3 is 0 Å². The van der Waals surface area contributed by atoms with Gasteiger partial charge in [-0.15, -0.1) is 0 Å². The highest BCUT2D eigenvalue weighted by atomic mass is 28.3. The summed E-state index contributed by atoms with van der Waals surface area (Å²) in [6.07, 6.45) is 6.03. The lowest BCUT2D eigenvalue weighted by molar-refractivity contribution is 0.318. The topological polar surface area (TPSA) is 12.0 Å². The summed E-state index contributed by atoms with van der Waals surface area (Å²) in [7, 11) is -1.14. The minimum Gasteiger partial charge on any atom is -0.312 e. The zero-order valence-electron chi connectivity index (χ0n) is 13.3. The molecule has 0 amide bonds. The molecule has 0 aliphatic heterocycles. The maximum absolute atomic E-state index is 3.70. The zero-order valence-corrected chi connectivity index (χ0v) is 14.3. The third kappa shape index (κ3) is 3.17. The number of hydrogen-bond acceptors (Lipinski definition) is 1. The molecule has 3 unspecified atom stereocenters. The van der Waals surface area contributed by atoms with E-state index in [9.17, 15) is 0 Å². The lowest BCUT2D eigenvalue weighted by Crippen LogP contribution is -2.37. The second kappa shape index (κ2) is 5.65. The van der Waals surface area contributed by atoms with E-state index in [4.69, 9.17) is 0 Å². The number of rotatable bonds is 5. The van der Waals surface area contributed by atoms with Crippen LogP contribution in [0.3, 0.4) is 0 Å². The van der Waals surface area contributed by atoms with Gasteiger partial charge in [0, 0.05) is 6.54 Å². The highest BCUT2D eigenvalue weighted by molar-refractivity contribution is 6.88. The second-order valence-electron chi connectivity index (χ2n) is 8.01.